The number of benzene rings is 3. The fourth-order valence-electron chi connectivity index (χ4n) is 5.28. The summed E-state index contributed by atoms with van der Waals surface area (Å²) in [5.74, 6) is 0.676. The molecule has 4 rings (SSSR count). The summed E-state index contributed by atoms with van der Waals surface area (Å²) < 4.78 is 6.45. The number of hydrogen-bond acceptors (Lipinski definition) is 5. The Morgan fingerprint density at radius 3 is 2.22 bits per heavy atom. The lowest BCUT2D eigenvalue weighted by atomic mass is 9.80. The molecule has 3 aromatic rings. The molecule has 1 heterocycles. The summed E-state index contributed by atoms with van der Waals surface area (Å²) >= 11 is 0. The van der Waals surface area contributed by atoms with E-state index in [1.165, 1.54) is 5.56 Å². The number of nitrogens with one attached hydrogen (secondary N) is 2. The minimum Gasteiger partial charge on any atom is -0.484 e. The molecule has 0 aromatic heterocycles. The number of rotatable bonds is 11. The predicted octanol–water partition coefficient (Wildman–Crippen LogP) is 4.91. The fourth-order valence-corrected chi connectivity index (χ4v) is 5.28. The number of para-hydroxylation sites is 2. The van der Waals surface area contributed by atoms with Crippen molar-refractivity contribution in [3.05, 3.63) is 96.1 Å². The number of carbonyl (C=O) groups is 1. The summed E-state index contributed by atoms with van der Waals surface area (Å²) in [6, 6.07) is 28.7. The Morgan fingerprint density at radius 1 is 0.946 bits per heavy atom. The van der Waals surface area contributed by atoms with E-state index in [4.69, 9.17) is 4.74 Å². The molecule has 0 radical (unpaired) electrons. The van der Waals surface area contributed by atoms with Gasteiger partial charge in [0.1, 0.15) is 11.9 Å². The maximum absolute atomic E-state index is 13.1. The highest BCUT2D eigenvalue weighted by atomic mass is 16.5. The quantitative estimate of drug-likeness (QED) is 0.392. The number of amides is 1. The monoisotopic (exact) mass is 500 g/mol. The molecule has 3 aromatic carbocycles. The number of nitrogens with zero attached hydrogens (tertiary/aromatic N) is 2. The van der Waals surface area contributed by atoms with Crippen LogP contribution in [0.25, 0.3) is 0 Å². The van der Waals surface area contributed by atoms with E-state index in [1.807, 2.05) is 49.5 Å². The van der Waals surface area contributed by atoms with E-state index in [0.29, 0.717) is 18.0 Å². The zero-order valence-electron chi connectivity index (χ0n) is 22.3. The molecule has 0 bridgehead atoms. The minimum absolute atomic E-state index is 0.00841. The maximum Gasteiger partial charge on any atom is 0.238 e. The third-order valence-corrected chi connectivity index (χ3v) is 7.48. The molecule has 37 heavy (non-hydrogen) atoms. The molecule has 1 saturated heterocycles. The topological polar surface area (TPSA) is 56.8 Å². The molecule has 196 valence electrons. The zero-order valence-corrected chi connectivity index (χ0v) is 22.3. The molecule has 1 aliphatic heterocycles. The lowest BCUT2D eigenvalue weighted by molar-refractivity contribution is -0.118. The van der Waals surface area contributed by atoms with Crippen LogP contribution in [0.5, 0.6) is 5.75 Å². The van der Waals surface area contributed by atoms with Gasteiger partial charge in [-0.1, -0.05) is 72.8 Å². The van der Waals surface area contributed by atoms with Gasteiger partial charge in [-0.15, -0.1) is 0 Å². The predicted molar refractivity (Wildman–Crippen MR) is 151 cm³/mol. The van der Waals surface area contributed by atoms with Crippen molar-refractivity contribution >= 4 is 11.6 Å². The van der Waals surface area contributed by atoms with Gasteiger partial charge in [-0.3, -0.25) is 14.6 Å². The Bertz CT molecular complexity index is 1110. The molecule has 1 aliphatic rings. The molecule has 1 amide bonds. The van der Waals surface area contributed by atoms with E-state index in [0.717, 1.165) is 44.5 Å². The van der Waals surface area contributed by atoms with Crippen molar-refractivity contribution in [1.29, 1.82) is 0 Å². The van der Waals surface area contributed by atoms with Crippen molar-refractivity contribution in [3.8, 4) is 5.75 Å². The number of ether oxygens (including phenoxy) is 1. The van der Waals surface area contributed by atoms with Crippen LogP contribution in [0.2, 0.25) is 0 Å². The van der Waals surface area contributed by atoms with E-state index in [9.17, 15) is 4.79 Å². The van der Waals surface area contributed by atoms with Crippen molar-refractivity contribution in [1.82, 2.24) is 15.1 Å². The highest BCUT2D eigenvalue weighted by molar-refractivity contribution is 5.93. The van der Waals surface area contributed by atoms with E-state index in [1.54, 1.807) is 0 Å². The minimum atomic E-state index is -0.106. The average molecular weight is 501 g/mol. The van der Waals surface area contributed by atoms with Crippen molar-refractivity contribution in [3.63, 3.8) is 0 Å². The Kier molecular flexibility index (Phi) is 9.34. The van der Waals surface area contributed by atoms with Crippen LogP contribution in [-0.4, -0.2) is 63.0 Å². The number of piperidine rings is 1. The normalized spacial score (nSPS) is 16.3. The first-order chi connectivity index (χ1) is 18.0. The van der Waals surface area contributed by atoms with Crippen molar-refractivity contribution in [2.24, 2.45) is 0 Å². The van der Waals surface area contributed by atoms with Gasteiger partial charge in [-0.05, 0) is 63.8 Å². The molecule has 6 heteroatoms. The summed E-state index contributed by atoms with van der Waals surface area (Å²) in [4.78, 5) is 17.7. The summed E-state index contributed by atoms with van der Waals surface area (Å²) in [5, 5.41) is 6.33. The third-order valence-electron chi connectivity index (χ3n) is 7.48. The van der Waals surface area contributed by atoms with E-state index < -0.39 is 0 Å². The first-order valence-corrected chi connectivity index (χ1v) is 13.2. The zero-order chi connectivity index (χ0) is 26.1. The number of likely N-dealkylation sites (tertiary alicyclic amines) is 1. The van der Waals surface area contributed by atoms with Gasteiger partial charge in [-0.25, -0.2) is 0 Å². The number of hydrogen-bond donors (Lipinski definition) is 2. The summed E-state index contributed by atoms with van der Waals surface area (Å²) in [7, 11) is 6.26. The fraction of sp³-hybridized carbons (Fsp3) is 0.387. The molecule has 2 N–H and O–H groups in total. The largest absolute Gasteiger partial charge is 0.484 e. The molecular weight excluding hydrogens is 460 g/mol. The first-order valence-electron chi connectivity index (χ1n) is 13.2. The smallest absolute Gasteiger partial charge is 0.238 e. The van der Waals surface area contributed by atoms with Gasteiger partial charge in [0, 0.05) is 25.0 Å². The van der Waals surface area contributed by atoms with Crippen LogP contribution in [0.1, 0.15) is 36.5 Å². The third kappa shape index (κ3) is 6.77. The molecule has 1 atom stereocenters. The van der Waals surface area contributed by atoms with Gasteiger partial charge in [0.05, 0.1) is 12.2 Å². The Hall–Kier alpha value is -3.19. The lowest BCUT2D eigenvalue weighted by Gasteiger charge is -2.46. The second kappa shape index (κ2) is 12.9. The summed E-state index contributed by atoms with van der Waals surface area (Å²) in [6.45, 7) is 2.95. The van der Waals surface area contributed by atoms with Crippen LogP contribution in [0.3, 0.4) is 0 Å². The van der Waals surface area contributed by atoms with Gasteiger partial charge < -0.3 is 15.4 Å². The first kappa shape index (κ1) is 26.9. The second-order valence-corrected chi connectivity index (χ2v) is 10.0. The van der Waals surface area contributed by atoms with Gasteiger partial charge in [-0.2, -0.15) is 0 Å². The van der Waals surface area contributed by atoms with Gasteiger partial charge in [0.15, 0.2) is 0 Å². The molecule has 0 saturated carbocycles. The summed E-state index contributed by atoms with van der Waals surface area (Å²) in [6.07, 6.45) is 2.69. The van der Waals surface area contributed by atoms with Crippen LogP contribution < -0.4 is 15.4 Å². The van der Waals surface area contributed by atoms with Crippen LogP contribution >= 0.6 is 0 Å². The van der Waals surface area contributed by atoms with Crippen molar-refractivity contribution in [2.45, 2.75) is 30.9 Å². The van der Waals surface area contributed by atoms with E-state index >= 15 is 0 Å². The average Bonchev–Trinajstić information content (AvgIpc) is 2.93. The standard InChI is InChI=1S/C31H40N4O2/c1-32-21-18-28(25-12-6-4-7-13-25)37-29-17-11-10-16-27(29)33-30(36)24-35-22-19-31(20-23-35,34(2)3)26-14-8-5-9-15-26/h4-17,28,32H,18-24H2,1-3H3,(H,33,36). The van der Waals surface area contributed by atoms with Gasteiger partial charge >= 0.3 is 0 Å². The SMILES string of the molecule is CNCCC(Oc1ccccc1NC(=O)CN1CCC(c2ccccc2)(N(C)C)CC1)c1ccccc1. The maximum atomic E-state index is 13.1. The molecule has 1 unspecified atom stereocenters. The number of carbonyl (C=O) groups excluding carboxylic acids is 1. The van der Waals surface area contributed by atoms with Gasteiger partial charge in [0.25, 0.3) is 0 Å². The second-order valence-electron chi connectivity index (χ2n) is 10.0. The van der Waals surface area contributed by atoms with Crippen molar-refractivity contribution in [2.75, 3.05) is 52.6 Å². The van der Waals surface area contributed by atoms with Crippen LogP contribution in [0.15, 0.2) is 84.9 Å². The molecule has 6 nitrogen and oxygen atoms in total. The van der Waals surface area contributed by atoms with E-state index in [-0.39, 0.29) is 17.6 Å². The highest BCUT2D eigenvalue weighted by Gasteiger charge is 2.38. The Balaban J connectivity index is 1.39. The molecule has 0 aliphatic carbocycles. The highest BCUT2D eigenvalue weighted by Crippen LogP contribution is 2.37. The number of anilines is 1. The Morgan fingerprint density at radius 2 is 1.57 bits per heavy atom. The Labute approximate surface area is 221 Å². The van der Waals surface area contributed by atoms with Crippen LogP contribution in [0, 0.1) is 0 Å². The van der Waals surface area contributed by atoms with Crippen molar-refractivity contribution < 1.29 is 9.53 Å². The molecule has 0 spiro atoms. The van der Waals surface area contributed by atoms with Gasteiger partial charge in [0.2, 0.25) is 5.91 Å². The lowest BCUT2D eigenvalue weighted by Crippen LogP contribution is -2.51. The van der Waals surface area contributed by atoms with Crippen LogP contribution in [-0.2, 0) is 10.3 Å². The molecular formula is C31H40N4O2. The molecule has 1 fully saturated rings. The van der Waals surface area contributed by atoms with Crippen LogP contribution in [0.4, 0.5) is 5.69 Å². The summed E-state index contributed by atoms with van der Waals surface area (Å²) in [5.41, 5.74) is 3.19. The van der Waals surface area contributed by atoms with E-state index in [2.05, 4.69) is 77.0 Å².